The maximum atomic E-state index is 13.9. The lowest BCUT2D eigenvalue weighted by atomic mass is 10.2. The summed E-state index contributed by atoms with van der Waals surface area (Å²) >= 11 is 2.79. The number of nitrogens with zero attached hydrogens (tertiary/aromatic N) is 2. The molecule has 152 valence electrons. The van der Waals surface area contributed by atoms with Gasteiger partial charge in [-0.05, 0) is 43.5 Å². The monoisotopic (exact) mass is 436 g/mol. The summed E-state index contributed by atoms with van der Waals surface area (Å²) in [6.45, 7) is 2.53. The molecule has 0 saturated carbocycles. The summed E-state index contributed by atoms with van der Waals surface area (Å²) in [4.78, 5) is 28.8. The average Bonchev–Trinajstić information content (AvgIpc) is 3.02. The number of carbonyl (C=O) groups excluding carboxylic acids is 2. The lowest BCUT2D eigenvalue weighted by molar-refractivity contribution is 0.0526. The molecular formula is C20H18F2N2O3S2. The van der Waals surface area contributed by atoms with Crippen LogP contribution in [0.15, 0.2) is 41.4 Å². The first-order chi connectivity index (χ1) is 14.0. The third-order valence-electron chi connectivity index (χ3n) is 4.09. The largest absolute Gasteiger partial charge is 0.462 e. The minimum atomic E-state index is -0.990. The van der Waals surface area contributed by atoms with Gasteiger partial charge in [-0.3, -0.25) is 4.79 Å². The Morgan fingerprint density at radius 1 is 1.21 bits per heavy atom. The number of hydrogen-bond donors (Lipinski definition) is 0. The molecule has 1 heterocycles. The van der Waals surface area contributed by atoms with E-state index in [0.29, 0.717) is 16.9 Å². The van der Waals surface area contributed by atoms with Crippen LogP contribution in [0.1, 0.15) is 27.6 Å². The van der Waals surface area contributed by atoms with Gasteiger partial charge in [0.05, 0.1) is 22.4 Å². The third-order valence-corrected chi connectivity index (χ3v) is 5.72. The van der Waals surface area contributed by atoms with Crippen LogP contribution in [0.25, 0.3) is 10.2 Å². The van der Waals surface area contributed by atoms with E-state index in [4.69, 9.17) is 4.74 Å². The first-order valence-corrected chi connectivity index (χ1v) is 11.0. The molecule has 0 fully saturated rings. The molecule has 0 aliphatic rings. The van der Waals surface area contributed by atoms with Crippen LogP contribution in [-0.4, -0.2) is 35.1 Å². The predicted octanol–water partition coefficient (Wildman–Crippen LogP) is 4.26. The van der Waals surface area contributed by atoms with Crippen molar-refractivity contribution in [2.45, 2.75) is 13.5 Å². The Hall–Kier alpha value is -2.52. The standard InChI is InChI=1S/C20H18F2N2O3S2/c1-3-27-19(26)12-7-8-15-16(11-12)29-20(24(15)9-10-28-2)23-18(25)17-13(21)5-4-6-14(17)22/h4-8,11H,3,9-10H2,1-2H3. The second-order valence-electron chi connectivity index (χ2n) is 5.95. The highest BCUT2D eigenvalue weighted by atomic mass is 32.2. The van der Waals surface area contributed by atoms with Gasteiger partial charge in [-0.1, -0.05) is 17.4 Å². The second kappa shape index (κ2) is 9.32. The van der Waals surface area contributed by atoms with E-state index in [9.17, 15) is 18.4 Å². The Labute approximate surface area is 174 Å². The van der Waals surface area contributed by atoms with E-state index < -0.39 is 29.1 Å². The summed E-state index contributed by atoms with van der Waals surface area (Å²) in [7, 11) is 0. The van der Waals surface area contributed by atoms with Gasteiger partial charge in [0.2, 0.25) is 0 Å². The molecule has 29 heavy (non-hydrogen) atoms. The van der Waals surface area contributed by atoms with Gasteiger partial charge in [-0.25, -0.2) is 13.6 Å². The number of thiazole rings is 1. The number of carbonyl (C=O) groups is 2. The molecule has 0 radical (unpaired) electrons. The minimum Gasteiger partial charge on any atom is -0.462 e. The molecule has 3 rings (SSSR count). The van der Waals surface area contributed by atoms with Gasteiger partial charge in [-0.15, -0.1) is 0 Å². The molecule has 0 N–H and O–H groups in total. The summed E-state index contributed by atoms with van der Waals surface area (Å²) in [6, 6.07) is 8.29. The molecule has 5 nitrogen and oxygen atoms in total. The summed E-state index contributed by atoms with van der Waals surface area (Å²) in [5.74, 6) is -2.60. The van der Waals surface area contributed by atoms with E-state index in [-0.39, 0.29) is 6.61 Å². The highest BCUT2D eigenvalue weighted by molar-refractivity contribution is 7.98. The third kappa shape index (κ3) is 4.56. The van der Waals surface area contributed by atoms with Crippen molar-refractivity contribution in [2.24, 2.45) is 4.99 Å². The van der Waals surface area contributed by atoms with Gasteiger partial charge in [0.25, 0.3) is 5.91 Å². The van der Waals surface area contributed by atoms with Crippen molar-refractivity contribution < 1.29 is 23.1 Å². The molecule has 1 amide bonds. The van der Waals surface area contributed by atoms with Gasteiger partial charge in [-0.2, -0.15) is 16.8 Å². The molecule has 0 aliphatic heterocycles. The van der Waals surface area contributed by atoms with E-state index in [0.717, 1.165) is 28.1 Å². The van der Waals surface area contributed by atoms with Crippen molar-refractivity contribution in [3.8, 4) is 0 Å². The average molecular weight is 437 g/mol. The maximum absolute atomic E-state index is 13.9. The molecule has 0 spiro atoms. The Morgan fingerprint density at radius 2 is 1.93 bits per heavy atom. The van der Waals surface area contributed by atoms with Gasteiger partial charge in [0.1, 0.15) is 17.2 Å². The number of amides is 1. The topological polar surface area (TPSA) is 60.7 Å². The smallest absolute Gasteiger partial charge is 0.338 e. The number of ether oxygens (including phenoxy) is 1. The number of hydrogen-bond acceptors (Lipinski definition) is 5. The van der Waals surface area contributed by atoms with E-state index >= 15 is 0 Å². The number of rotatable bonds is 6. The van der Waals surface area contributed by atoms with Crippen LogP contribution in [0.2, 0.25) is 0 Å². The molecule has 0 saturated heterocycles. The second-order valence-corrected chi connectivity index (χ2v) is 7.94. The molecule has 0 unspecified atom stereocenters. The quantitative estimate of drug-likeness (QED) is 0.542. The minimum absolute atomic E-state index is 0.262. The Bertz CT molecular complexity index is 1120. The molecular weight excluding hydrogens is 418 g/mol. The molecule has 9 heteroatoms. The van der Waals surface area contributed by atoms with Crippen LogP contribution in [0.5, 0.6) is 0 Å². The Kier molecular flexibility index (Phi) is 6.81. The summed E-state index contributed by atoms with van der Waals surface area (Å²) in [5, 5.41) is 0. The van der Waals surface area contributed by atoms with Crippen LogP contribution < -0.4 is 4.80 Å². The van der Waals surface area contributed by atoms with Crippen molar-refractivity contribution in [3.63, 3.8) is 0 Å². The van der Waals surface area contributed by atoms with E-state index in [1.807, 2.05) is 10.8 Å². The van der Waals surface area contributed by atoms with Crippen LogP contribution in [0.3, 0.4) is 0 Å². The van der Waals surface area contributed by atoms with Crippen LogP contribution >= 0.6 is 23.1 Å². The fourth-order valence-electron chi connectivity index (χ4n) is 2.74. The van der Waals surface area contributed by atoms with Crippen LogP contribution in [-0.2, 0) is 11.3 Å². The van der Waals surface area contributed by atoms with Crippen molar-refractivity contribution in [2.75, 3.05) is 18.6 Å². The summed E-state index contributed by atoms with van der Waals surface area (Å²) in [5.41, 5.74) is 0.474. The van der Waals surface area contributed by atoms with Gasteiger partial charge < -0.3 is 9.30 Å². The van der Waals surface area contributed by atoms with Crippen LogP contribution in [0, 0.1) is 11.6 Å². The SMILES string of the molecule is CCOC(=O)c1ccc2c(c1)sc(=NC(=O)c1c(F)cccc1F)n2CCSC. The van der Waals surface area contributed by atoms with E-state index in [2.05, 4.69) is 4.99 Å². The Morgan fingerprint density at radius 3 is 2.59 bits per heavy atom. The van der Waals surface area contributed by atoms with Gasteiger partial charge in [0, 0.05) is 12.3 Å². The zero-order valence-corrected chi connectivity index (χ0v) is 17.4. The molecule has 3 aromatic rings. The normalized spacial score (nSPS) is 11.8. The number of halogens is 2. The predicted molar refractivity (Wildman–Crippen MR) is 110 cm³/mol. The van der Waals surface area contributed by atoms with Crippen molar-refractivity contribution in [3.05, 3.63) is 64.0 Å². The van der Waals surface area contributed by atoms with E-state index in [1.54, 1.807) is 36.9 Å². The fourth-order valence-corrected chi connectivity index (χ4v) is 4.20. The molecule has 1 aromatic heterocycles. The first kappa shape index (κ1) is 21.2. The lowest BCUT2D eigenvalue weighted by Crippen LogP contribution is -2.19. The molecule has 0 atom stereocenters. The lowest BCUT2D eigenvalue weighted by Gasteiger charge is -2.05. The summed E-state index contributed by atoms with van der Waals surface area (Å²) in [6.07, 6.45) is 1.95. The highest BCUT2D eigenvalue weighted by Gasteiger charge is 2.18. The number of benzene rings is 2. The van der Waals surface area contributed by atoms with E-state index in [1.165, 1.54) is 17.4 Å². The molecule has 2 aromatic carbocycles. The molecule has 0 bridgehead atoms. The number of aromatic nitrogens is 1. The first-order valence-electron chi connectivity index (χ1n) is 8.78. The van der Waals surface area contributed by atoms with Gasteiger partial charge in [0.15, 0.2) is 4.80 Å². The number of thioether (sulfide) groups is 1. The maximum Gasteiger partial charge on any atom is 0.338 e. The number of esters is 1. The number of aryl methyl sites for hydroxylation is 1. The Balaban J connectivity index is 2.13. The van der Waals surface area contributed by atoms with Crippen molar-refractivity contribution >= 4 is 45.2 Å². The fraction of sp³-hybridized carbons (Fsp3) is 0.250. The van der Waals surface area contributed by atoms with Crippen molar-refractivity contribution in [1.29, 1.82) is 0 Å². The zero-order valence-electron chi connectivity index (χ0n) is 15.8. The highest BCUT2D eigenvalue weighted by Crippen LogP contribution is 2.21. The summed E-state index contributed by atoms with van der Waals surface area (Å²) < 4.78 is 35.4. The molecule has 0 aliphatic carbocycles. The van der Waals surface area contributed by atoms with Gasteiger partial charge >= 0.3 is 5.97 Å². The zero-order chi connectivity index (χ0) is 21.0. The van der Waals surface area contributed by atoms with Crippen LogP contribution in [0.4, 0.5) is 8.78 Å². The van der Waals surface area contributed by atoms with Crippen molar-refractivity contribution in [1.82, 2.24) is 4.57 Å². The number of fused-ring (bicyclic) bond motifs is 1.